The van der Waals surface area contributed by atoms with Crippen molar-refractivity contribution in [2.24, 2.45) is 5.73 Å². The number of carbonyl (C=O) groups excluding carboxylic acids is 1. The highest BCUT2D eigenvalue weighted by Crippen LogP contribution is 2.25. The van der Waals surface area contributed by atoms with Gasteiger partial charge in [0.15, 0.2) is 5.72 Å². The normalized spacial score (nSPS) is 24.6. The van der Waals surface area contributed by atoms with Crippen molar-refractivity contribution in [3.05, 3.63) is 54.1 Å². The lowest BCUT2D eigenvalue weighted by Gasteiger charge is -2.34. The van der Waals surface area contributed by atoms with Gasteiger partial charge in [0, 0.05) is 0 Å². The second kappa shape index (κ2) is 5.94. The number of allylic oxidation sites excluding steroid dienone is 2. The topological polar surface area (TPSA) is 84.6 Å². The monoisotopic (exact) mass is 302 g/mol. The highest BCUT2D eigenvalue weighted by atomic mass is 16.6. The van der Waals surface area contributed by atoms with E-state index in [9.17, 15) is 9.90 Å². The summed E-state index contributed by atoms with van der Waals surface area (Å²) in [6.45, 7) is 5.25. The Morgan fingerprint density at radius 2 is 1.95 bits per heavy atom. The molecule has 0 saturated heterocycles. The Hall–Kier alpha value is -2.11. The summed E-state index contributed by atoms with van der Waals surface area (Å²) in [6, 6.07) is 8.91. The molecule has 5 nitrogen and oxygen atoms in total. The first kappa shape index (κ1) is 16.3. The molecule has 0 saturated carbocycles. The van der Waals surface area contributed by atoms with Gasteiger partial charge in [-0.15, -0.1) is 0 Å². The molecule has 118 valence electrons. The van der Waals surface area contributed by atoms with Gasteiger partial charge in [-0.3, -0.25) is 5.32 Å². The maximum absolute atomic E-state index is 11.8. The summed E-state index contributed by atoms with van der Waals surface area (Å²) in [7, 11) is 0. The fourth-order valence-corrected chi connectivity index (χ4v) is 2.12. The molecule has 2 unspecified atom stereocenters. The van der Waals surface area contributed by atoms with E-state index < -0.39 is 23.5 Å². The first-order valence-corrected chi connectivity index (χ1v) is 7.15. The van der Waals surface area contributed by atoms with Gasteiger partial charge in [-0.25, -0.2) is 4.79 Å². The predicted molar refractivity (Wildman–Crippen MR) is 85.9 cm³/mol. The Morgan fingerprint density at radius 1 is 1.32 bits per heavy atom. The molecule has 0 aromatic heterocycles. The number of rotatable bonds is 2. The van der Waals surface area contributed by atoms with Gasteiger partial charge in [0.25, 0.3) is 0 Å². The Labute approximate surface area is 130 Å². The minimum Gasteiger partial charge on any atom is -0.444 e. The van der Waals surface area contributed by atoms with E-state index in [1.807, 2.05) is 30.3 Å². The number of hydrogen-bond donors (Lipinski definition) is 3. The summed E-state index contributed by atoms with van der Waals surface area (Å²) in [5, 5.41) is 12.9. The fourth-order valence-electron chi connectivity index (χ4n) is 2.12. The summed E-state index contributed by atoms with van der Waals surface area (Å²) >= 11 is 0. The van der Waals surface area contributed by atoms with E-state index in [1.54, 1.807) is 32.9 Å². The molecule has 1 aliphatic carbocycles. The van der Waals surface area contributed by atoms with E-state index in [0.717, 1.165) is 11.1 Å². The standard InChI is InChI=1S/C17H22N2O3/c1-16(2,3)22-15(20)19-17(21)10-9-13(11-14(17)18)12-7-5-4-6-8-12/h4-11,14,21H,18H2,1-3H3,(H,19,20). The highest BCUT2D eigenvalue weighted by Gasteiger charge is 2.36. The second-order valence-corrected chi connectivity index (χ2v) is 6.30. The van der Waals surface area contributed by atoms with Gasteiger partial charge in [-0.05, 0) is 38.0 Å². The minimum atomic E-state index is -1.67. The van der Waals surface area contributed by atoms with Gasteiger partial charge >= 0.3 is 6.09 Å². The van der Waals surface area contributed by atoms with Gasteiger partial charge in [-0.2, -0.15) is 0 Å². The fraction of sp³-hybridized carbons (Fsp3) is 0.353. The first-order chi connectivity index (χ1) is 10.2. The van der Waals surface area contributed by atoms with Crippen LogP contribution in [0, 0.1) is 0 Å². The molecule has 22 heavy (non-hydrogen) atoms. The molecule has 5 heteroatoms. The molecule has 1 aliphatic rings. The van der Waals surface area contributed by atoms with Crippen molar-refractivity contribution < 1.29 is 14.6 Å². The number of carbonyl (C=O) groups is 1. The third-order valence-electron chi connectivity index (χ3n) is 3.19. The number of nitrogens with one attached hydrogen (secondary N) is 1. The molecule has 0 radical (unpaired) electrons. The highest BCUT2D eigenvalue weighted by molar-refractivity contribution is 5.77. The number of amides is 1. The molecule has 0 fully saturated rings. The van der Waals surface area contributed by atoms with Crippen LogP contribution in [0.1, 0.15) is 26.3 Å². The molecular weight excluding hydrogens is 280 g/mol. The zero-order valence-corrected chi connectivity index (χ0v) is 13.0. The molecule has 0 spiro atoms. The van der Waals surface area contributed by atoms with Crippen LogP contribution in [0.5, 0.6) is 0 Å². The van der Waals surface area contributed by atoms with Crippen molar-refractivity contribution in [1.29, 1.82) is 0 Å². The van der Waals surface area contributed by atoms with E-state index >= 15 is 0 Å². The SMILES string of the molecule is CC(C)(C)OC(=O)NC1(O)C=CC(c2ccccc2)=CC1N. The number of hydrogen-bond acceptors (Lipinski definition) is 4. The molecule has 0 aliphatic heterocycles. The molecule has 0 bridgehead atoms. The van der Waals surface area contributed by atoms with Gasteiger partial charge in [-0.1, -0.05) is 42.5 Å². The molecule has 1 aromatic carbocycles. The lowest BCUT2D eigenvalue weighted by Crippen LogP contribution is -2.59. The Morgan fingerprint density at radius 3 is 2.50 bits per heavy atom. The molecule has 4 N–H and O–H groups in total. The summed E-state index contributed by atoms with van der Waals surface area (Å²) in [5.74, 6) is 0. The van der Waals surface area contributed by atoms with Crippen LogP contribution in [0.2, 0.25) is 0 Å². The Bertz CT molecular complexity index is 602. The number of nitrogens with two attached hydrogens (primary N) is 1. The second-order valence-electron chi connectivity index (χ2n) is 6.30. The Kier molecular flexibility index (Phi) is 4.39. The van der Waals surface area contributed by atoms with Crippen LogP contribution in [0.15, 0.2) is 48.6 Å². The van der Waals surface area contributed by atoms with Gasteiger partial charge in [0.1, 0.15) is 5.60 Å². The maximum Gasteiger partial charge on any atom is 0.410 e. The van der Waals surface area contributed by atoms with Crippen molar-refractivity contribution in [2.45, 2.75) is 38.1 Å². The van der Waals surface area contributed by atoms with E-state index in [4.69, 9.17) is 10.5 Å². The van der Waals surface area contributed by atoms with Gasteiger partial charge in [0.05, 0.1) is 6.04 Å². The van der Waals surface area contributed by atoms with E-state index in [2.05, 4.69) is 5.32 Å². The average Bonchev–Trinajstić information content (AvgIpc) is 2.41. The largest absolute Gasteiger partial charge is 0.444 e. The summed E-state index contributed by atoms with van der Waals surface area (Å²) < 4.78 is 5.15. The van der Waals surface area contributed by atoms with Crippen molar-refractivity contribution in [3.63, 3.8) is 0 Å². The smallest absolute Gasteiger partial charge is 0.410 e. The molecule has 2 rings (SSSR count). The molecule has 2 atom stereocenters. The van der Waals surface area contributed by atoms with Crippen LogP contribution in [0.4, 0.5) is 4.79 Å². The number of benzene rings is 1. The van der Waals surface area contributed by atoms with E-state index in [1.165, 1.54) is 6.08 Å². The third-order valence-corrected chi connectivity index (χ3v) is 3.19. The first-order valence-electron chi connectivity index (χ1n) is 7.15. The molecule has 0 heterocycles. The number of alkyl carbamates (subject to hydrolysis) is 1. The predicted octanol–water partition coefficient (Wildman–Crippen LogP) is 2.18. The van der Waals surface area contributed by atoms with Crippen molar-refractivity contribution >= 4 is 11.7 Å². The molecule has 1 amide bonds. The summed E-state index contributed by atoms with van der Waals surface area (Å²) in [5.41, 5.74) is 5.58. The lowest BCUT2D eigenvalue weighted by molar-refractivity contribution is 0.00674. The van der Waals surface area contributed by atoms with Crippen LogP contribution < -0.4 is 11.1 Å². The van der Waals surface area contributed by atoms with Crippen molar-refractivity contribution in [2.75, 3.05) is 0 Å². The van der Waals surface area contributed by atoms with Crippen LogP contribution in [0.3, 0.4) is 0 Å². The summed E-state index contributed by atoms with van der Waals surface area (Å²) in [4.78, 5) is 11.8. The number of aliphatic hydroxyl groups is 1. The number of ether oxygens (including phenoxy) is 1. The van der Waals surface area contributed by atoms with Crippen LogP contribution in [-0.4, -0.2) is 28.6 Å². The zero-order chi connectivity index (χ0) is 16.4. The van der Waals surface area contributed by atoms with E-state index in [0.29, 0.717) is 0 Å². The van der Waals surface area contributed by atoms with Gasteiger partial charge in [0.2, 0.25) is 0 Å². The van der Waals surface area contributed by atoms with Crippen LogP contribution in [-0.2, 0) is 4.74 Å². The lowest BCUT2D eigenvalue weighted by atomic mass is 9.91. The third kappa shape index (κ3) is 3.96. The van der Waals surface area contributed by atoms with Crippen molar-refractivity contribution in [1.82, 2.24) is 5.32 Å². The quantitative estimate of drug-likeness (QED) is 0.731. The Balaban J connectivity index is 2.11. The van der Waals surface area contributed by atoms with Gasteiger partial charge < -0.3 is 15.6 Å². The molecule has 1 aromatic rings. The molecular formula is C17H22N2O3. The minimum absolute atomic E-state index is 0.645. The van der Waals surface area contributed by atoms with E-state index in [-0.39, 0.29) is 0 Å². The average molecular weight is 302 g/mol. The van der Waals surface area contributed by atoms with Crippen LogP contribution >= 0.6 is 0 Å². The van der Waals surface area contributed by atoms with Crippen molar-refractivity contribution in [3.8, 4) is 0 Å². The maximum atomic E-state index is 11.8. The van der Waals surface area contributed by atoms with Crippen LogP contribution in [0.25, 0.3) is 5.57 Å². The summed E-state index contributed by atoms with van der Waals surface area (Å²) in [6.07, 6.45) is 4.21. The zero-order valence-electron chi connectivity index (χ0n) is 13.0.